The molecule has 1 aliphatic rings. The Morgan fingerprint density at radius 3 is 3.12 bits per heavy atom. The van der Waals surface area contributed by atoms with Gasteiger partial charge in [-0.25, -0.2) is 0 Å². The van der Waals surface area contributed by atoms with E-state index in [1.54, 1.807) is 6.20 Å². The van der Waals surface area contributed by atoms with E-state index >= 15 is 0 Å². The number of aromatic nitrogens is 2. The van der Waals surface area contributed by atoms with Gasteiger partial charge in [-0.15, -0.1) is 0 Å². The summed E-state index contributed by atoms with van der Waals surface area (Å²) in [4.78, 5) is 0. The number of rotatable bonds is 2. The van der Waals surface area contributed by atoms with Crippen LogP contribution in [0.5, 0.6) is 0 Å². The zero-order chi connectivity index (χ0) is 11.8. The van der Waals surface area contributed by atoms with Crippen LogP contribution in [0.2, 0.25) is 5.02 Å². The molecule has 1 atom stereocenters. The molecule has 2 aromatic rings. The lowest BCUT2D eigenvalue weighted by Gasteiger charge is -2.14. The van der Waals surface area contributed by atoms with E-state index < -0.39 is 0 Å². The van der Waals surface area contributed by atoms with E-state index in [0.29, 0.717) is 0 Å². The van der Waals surface area contributed by atoms with Crippen LogP contribution in [0, 0.1) is 0 Å². The molecule has 0 radical (unpaired) electrons. The van der Waals surface area contributed by atoms with Gasteiger partial charge in [0.1, 0.15) is 0 Å². The summed E-state index contributed by atoms with van der Waals surface area (Å²) in [5.41, 5.74) is 3.72. The first-order valence-electron chi connectivity index (χ1n) is 5.83. The molecule has 3 rings (SSSR count). The minimum absolute atomic E-state index is 0.168. The van der Waals surface area contributed by atoms with E-state index in [9.17, 15) is 0 Å². The molecule has 17 heavy (non-hydrogen) atoms. The molecule has 1 aromatic heterocycles. The topological polar surface area (TPSA) is 29.9 Å². The molecule has 88 valence electrons. The third kappa shape index (κ3) is 1.66. The zero-order valence-electron chi connectivity index (χ0n) is 9.65. The van der Waals surface area contributed by atoms with Gasteiger partial charge in [0.15, 0.2) is 0 Å². The van der Waals surface area contributed by atoms with Gasteiger partial charge in [0.25, 0.3) is 0 Å². The van der Waals surface area contributed by atoms with Crippen molar-refractivity contribution < 1.29 is 0 Å². The summed E-state index contributed by atoms with van der Waals surface area (Å²) in [5, 5.41) is 8.53. The van der Waals surface area contributed by atoms with Crippen molar-refractivity contribution in [3.63, 3.8) is 0 Å². The number of benzene rings is 1. The number of hydrogen-bond donors (Lipinski definition) is 1. The van der Waals surface area contributed by atoms with Crippen molar-refractivity contribution in [3.8, 4) is 0 Å². The number of nitrogens with one attached hydrogen (secondary N) is 1. The second-order valence-corrected chi connectivity index (χ2v) is 4.61. The van der Waals surface area contributed by atoms with Crippen molar-refractivity contribution in [2.75, 3.05) is 0 Å². The standard InChI is InChI=1S/C13H14ClN3/c1-2-17-13(11(14)8-16-17)12-10-6-4-3-5-9(10)7-15-12/h3-6,8,12,15H,2,7H2,1H3. The lowest BCUT2D eigenvalue weighted by molar-refractivity contribution is 0.559. The maximum absolute atomic E-state index is 6.25. The number of aryl methyl sites for hydroxylation is 1. The van der Waals surface area contributed by atoms with Crippen LogP contribution in [0.3, 0.4) is 0 Å². The van der Waals surface area contributed by atoms with Gasteiger partial charge in [-0.1, -0.05) is 35.9 Å². The first-order valence-corrected chi connectivity index (χ1v) is 6.21. The van der Waals surface area contributed by atoms with Gasteiger partial charge in [-0.05, 0) is 18.1 Å². The van der Waals surface area contributed by atoms with Gasteiger partial charge in [0.2, 0.25) is 0 Å². The number of nitrogens with zero attached hydrogens (tertiary/aromatic N) is 2. The fourth-order valence-electron chi connectivity index (χ4n) is 2.45. The molecule has 1 unspecified atom stereocenters. The Balaban J connectivity index is 2.09. The molecule has 0 aliphatic carbocycles. The molecule has 0 saturated heterocycles. The molecular formula is C13H14ClN3. The van der Waals surface area contributed by atoms with Crippen LogP contribution in [0.15, 0.2) is 30.5 Å². The number of hydrogen-bond acceptors (Lipinski definition) is 2. The van der Waals surface area contributed by atoms with Crippen molar-refractivity contribution >= 4 is 11.6 Å². The van der Waals surface area contributed by atoms with Crippen molar-refractivity contribution in [2.45, 2.75) is 26.1 Å². The molecule has 0 amide bonds. The second-order valence-electron chi connectivity index (χ2n) is 4.21. The Hall–Kier alpha value is -1.32. The lowest BCUT2D eigenvalue weighted by Crippen LogP contribution is -2.18. The Kier molecular flexibility index (Phi) is 2.65. The van der Waals surface area contributed by atoms with Crippen LogP contribution in [0.4, 0.5) is 0 Å². The van der Waals surface area contributed by atoms with E-state index in [-0.39, 0.29) is 6.04 Å². The van der Waals surface area contributed by atoms with Crippen molar-refractivity contribution in [2.24, 2.45) is 0 Å². The molecular weight excluding hydrogens is 234 g/mol. The molecule has 4 heteroatoms. The summed E-state index contributed by atoms with van der Waals surface area (Å²) in [7, 11) is 0. The van der Waals surface area contributed by atoms with Crippen LogP contribution in [0.1, 0.15) is 29.8 Å². The molecule has 3 nitrogen and oxygen atoms in total. The second kappa shape index (κ2) is 4.17. The first-order chi connectivity index (χ1) is 8.31. The number of fused-ring (bicyclic) bond motifs is 1. The highest BCUT2D eigenvalue weighted by Gasteiger charge is 2.27. The third-order valence-electron chi connectivity index (χ3n) is 3.27. The van der Waals surface area contributed by atoms with Gasteiger partial charge < -0.3 is 5.32 Å². The Morgan fingerprint density at radius 1 is 1.47 bits per heavy atom. The predicted octanol–water partition coefficient (Wildman–Crippen LogP) is 2.75. The van der Waals surface area contributed by atoms with E-state index in [2.05, 4.69) is 41.6 Å². The molecule has 1 aromatic carbocycles. The third-order valence-corrected chi connectivity index (χ3v) is 3.56. The van der Waals surface area contributed by atoms with E-state index in [4.69, 9.17) is 11.6 Å². The Morgan fingerprint density at radius 2 is 2.29 bits per heavy atom. The van der Waals surface area contributed by atoms with Crippen LogP contribution in [0.25, 0.3) is 0 Å². The fourth-order valence-corrected chi connectivity index (χ4v) is 2.70. The SMILES string of the molecule is CCn1ncc(Cl)c1C1NCc2ccccc21. The predicted molar refractivity (Wildman–Crippen MR) is 68.0 cm³/mol. The van der Waals surface area contributed by atoms with Crippen molar-refractivity contribution in [3.05, 3.63) is 52.3 Å². The average Bonchev–Trinajstić information content (AvgIpc) is 2.92. The first kappa shape index (κ1) is 10.8. The summed E-state index contributed by atoms with van der Waals surface area (Å²) in [5.74, 6) is 0. The number of halogens is 1. The highest BCUT2D eigenvalue weighted by Crippen LogP contribution is 2.34. The molecule has 0 spiro atoms. The van der Waals surface area contributed by atoms with Crippen LogP contribution in [-0.4, -0.2) is 9.78 Å². The lowest BCUT2D eigenvalue weighted by atomic mass is 10.0. The summed E-state index contributed by atoms with van der Waals surface area (Å²) < 4.78 is 1.96. The van der Waals surface area contributed by atoms with Crippen molar-refractivity contribution in [1.82, 2.24) is 15.1 Å². The monoisotopic (exact) mass is 247 g/mol. The Labute approximate surface area is 105 Å². The minimum atomic E-state index is 0.168. The largest absolute Gasteiger partial charge is 0.301 e. The minimum Gasteiger partial charge on any atom is -0.301 e. The van der Waals surface area contributed by atoms with Gasteiger partial charge in [-0.2, -0.15) is 5.10 Å². The molecule has 0 saturated carbocycles. The quantitative estimate of drug-likeness (QED) is 0.885. The average molecular weight is 248 g/mol. The highest BCUT2D eigenvalue weighted by molar-refractivity contribution is 6.31. The van der Waals surface area contributed by atoms with Gasteiger partial charge in [-0.3, -0.25) is 4.68 Å². The molecule has 0 fully saturated rings. The summed E-state index contributed by atoms with van der Waals surface area (Å²) in [6.07, 6.45) is 1.73. The maximum Gasteiger partial charge on any atom is 0.0837 e. The van der Waals surface area contributed by atoms with E-state index in [0.717, 1.165) is 23.8 Å². The van der Waals surface area contributed by atoms with Crippen molar-refractivity contribution in [1.29, 1.82) is 0 Å². The zero-order valence-corrected chi connectivity index (χ0v) is 10.4. The molecule has 1 aliphatic heterocycles. The van der Waals surface area contributed by atoms with Crippen LogP contribution < -0.4 is 5.32 Å². The fraction of sp³-hybridized carbons (Fsp3) is 0.308. The summed E-state index contributed by atoms with van der Waals surface area (Å²) in [6, 6.07) is 8.62. The molecule has 1 N–H and O–H groups in total. The van der Waals surface area contributed by atoms with Crippen LogP contribution >= 0.6 is 11.6 Å². The highest BCUT2D eigenvalue weighted by atomic mass is 35.5. The van der Waals surface area contributed by atoms with Gasteiger partial charge in [0.05, 0.1) is 23.0 Å². The van der Waals surface area contributed by atoms with Gasteiger partial charge in [0, 0.05) is 13.1 Å². The van der Waals surface area contributed by atoms with Gasteiger partial charge >= 0.3 is 0 Å². The molecule has 2 heterocycles. The maximum atomic E-state index is 6.25. The van der Waals surface area contributed by atoms with Crippen LogP contribution in [-0.2, 0) is 13.1 Å². The van der Waals surface area contributed by atoms with E-state index in [1.807, 2.05) is 4.68 Å². The molecule has 0 bridgehead atoms. The summed E-state index contributed by atoms with van der Waals surface area (Å²) >= 11 is 6.25. The summed E-state index contributed by atoms with van der Waals surface area (Å²) in [6.45, 7) is 3.81. The normalized spacial score (nSPS) is 18.4. The smallest absolute Gasteiger partial charge is 0.0837 e. The Bertz CT molecular complexity index is 547. The van der Waals surface area contributed by atoms with E-state index in [1.165, 1.54) is 11.1 Å².